The Labute approximate surface area is 150 Å². The van der Waals surface area contributed by atoms with E-state index in [1.54, 1.807) is 0 Å². The van der Waals surface area contributed by atoms with Crippen LogP contribution >= 0.6 is 0 Å². The highest BCUT2D eigenvalue weighted by Crippen LogP contribution is 2.42. The highest BCUT2D eigenvalue weighted by molar-refractivity contribution is 6.10. The molecule has 6 heteroatoms. The van der Waals surface area contributed by atoms with Crippen molar-refractivity contribution in [2.75, 3.05) is 10.2 Å². The third-order valence-electron chi connectivity index (χ3n) is 4.32. The second kappa shape index (κ2) is 6.68. The van der Waals surface area contributed by atoms with Crippen molar-refractivity contribution in [3.8, 4) is 0 Å². The Bertz CT molecular complexity index is 948. The summed E-state index contributed by atoms with van der Waals surface area (Å²) in [6.07, 6.45) is 7.02. The van der Waals surface area contributed by atoms with E-state index >= 15 is 0 Å². The van der Waals surface area contributed by atoms with E-state index in [1.807, 2.05) is 66.8 Å². The third kappa shape index (κ3) is 2.77. The molecule has 0 saturated heterocycles. The predicted octanol–water partition coefficient (Wildman–Crippen LogP) is 3.05. The number of hydrogen-bond donors (Lipinski definition) is 2. The van der Waals surface area contributed by atoms with Gasteiger partial charge < -0.3 is 15.5 Å². The third-order valence-corrected chi connectivity index (χ3v) is 4.32. The van der Waals surface area contributed by atoms with E-state index in [9.17, 15) is 9.59 Å². The van der Waals surface area contributed by atoms with Gasteiger partial charge in [-0.05, 0) is 48.6 Å². The number of carbonyl (C=O) groups is 2. The van der Waals surface area contributed by atoms with Crippen LogP contribution in [0.5, 0.6) is 0 Å². The molecule has 0 radical (unpaired) electrons. The summed E-state index contributed by atoms with van der Waals surface area (Å²) in [5, 5.41) is 5.39. The number of fused-ring (bicyclic) bond motifs is 2. The first-order chi connectivity index (χ1) is 12.8. The minimum atomic E-state index is -0.163. The molecule has 1 unspecified atom stereocenters. The van der Waals surface area contributed by atoms with Gasteiger partial charge in [-0.2, -0.15) is 0 Å². The number of hydrogen-bond acceptors (Lipinski definition) is 4. The van der Waals surface area contributed by atoms with Crippen LogP contribution < -0.4 is 15.5 Å². The molecular weight excluding hydrogens is 328 g/mol. The minimum absolute atomic E-state index is 0.163. The zero-order valence-electron chi connectivity index (χ0n) is 13.8. The largest absolute Gasteiger partial charge is 0.329 e. The first kappa shape index (κ1) is 15.8. The lowest BCUT2D eigenvalue weighted by Gasteiger charge is -2.37. The normalized spacial score (nSPS) is 17.4. The molecule has 2 aromatic carbocycles. The Kier molecular flexibility index (Phi) is 4.07. The maximum absolute atomic E-state index is 10.8. The summed E-state index contributed by atoms with van der Waals surface area (Å²) in [5.41, 5.74) is 4.99. The average molecular weight is 344 g/mol. The van der Waals surface area contributed by atoms with Crippen LogP contribution in [0.1, 0.15) is 0 Å². The molecule has 6 nitrogen and oxygen atoms in total. The molecule has 1 heterocycles. The molecule has 0 aromatic heterocycles. The maximum Gasteiger partial charge on any atom is 0.211 e. The van der Waals surface area contributed by atoms with Crippen molar-refractivity contribution in [3.63, 3.8) is 0 Å². The van der Waals surface area contributed by atoms with Gasteiger partial charge in [-0.25, -0.2) is 4.99 Å². The molecule has 2 aliphatic rings. The van der Waals surface area contributed by atoms with Crippen LogP contribution in [0.4, 0.5) is 22.7 Å². The van der Waals surface area contributed by atoms with Crippen LogP contribution in [0.25, 0.3) is 0 Å². The fraction of sp³-hybridized carbons (Fsp3) is 0.0500. The number of nitrogens with zero attached hydrogens (tertiary/aromatic N) is 2. The van der Waals surface area contributed by atoms with Gasteiger partial charge in [0, 0.05) is 17.1 Å². The average Bonchev–Trinajstić information content (AvgIpc) is 2.67. The van der Waals surface area contributed by atoms with E-state index in [0.29, 0.717) is 18.5 Å². The summed E-state index contributed by atoms with van der Waals surface area (Å²) in [7, 11) is 0. The van der Waals surface area contributed by atoms with Gasteiger partial charge in [0.15, 0.2) is 0 Å². The predicted molar refractivity (Wildman–Crippen MR) is 102 cm³/mol. The van der Waals surface area contributed by atoms with Crippen LogP contribution in [0, 0.1) is 0 Å². The SMILES string of the molecule is O=CNC1=CC2C(=Nc3ccc(NC=O)cc3N2c2ccccc2)C=C1. The Balaban J connectivity index is 1.88. The summed E-state index contributed by atoms with van der Waals surface area (Å²) in [6, 6.07) is 15.4. The van der Waals surface area contributed by atoms with Crippen molar-refractivity contribution in [2.24, 2.45) is 4.99 Å². The van der Waals surface area contributed by atoms with E-state index in [4.69, 9.17) is 4.99 Å². The topological polar surface area (TPSA) is 73.8 Å². The van der Waals surface area contributed by atoms with E-state index in [1.165, 1.54) is 0 Å². The zero-order chi connectivity index (χ0) is 17.9. The molecule has 0 fully saturated rings. The van der Waals surface area contributed by atoms with Gasteiger partial charge in [-0.15, -0.1) is 0 Å². The van der Waals surface area contributed by atoms with Crippen molar-refractivity contribution in [3.05, 3.63) is 72.5 Å². The summed E-state index contributed by atoms with van der Waals surface area (Å²) in [4.78, 5) is 28.5. The smallest absolute Gasteiger partial charge is 0.211 e. The number of nitrogens with one attached hydrogen (secondary N) is 2. The van der Waals surface area contributed by atoms with Gasteiger partial charge in [0.05, 0.1) is 23.1 Å². The molecule has 4 rings (SSSR count). The fourth-order valence-corrected chi connectivity index (χ4v) is 3.21. The summed E-state index contributed by atoms with van der Waals surface area (Å²) in [6.45, 7) is 0. The molecule has 2 N–H and O–H groups in total. The number of rotatable bonds is 5. The second-order valence-electron chi connectivity index (χ2n) is 5.87. The van der Waals surface area contributed by atoms with Crippen molar-refractivity contribution in [1.29, 1.82) is 0 Å². The van der Waals surface area contributed by atoms with Gasteiger partial charge >= 0.3 is 0 Å². The monoisotopic (exact) mass is 344 g/mol. The van der Waals surface area contributed by atoms with Crippen LogP contribution in [0.15, 0.2) is 77.4 Å². The minimum Gasteiger partial charge on any atom is -0.329 e. The van der Waals surface area contributed by atoms with Crippen LogP contribution in [-0.2, 0) is 9.59 Å². The van der Waals surface area contributed by atoms with E-state index < -0.39 is 0 Å². The standard InChI is InChI=1S/C20H16N4O2/c25-12-21-14-6-8-17-19(10-14)24(16-4-2-1-3-5-16)20-11-15(22-13-26)7-9-18(20)23-17/h1-13,19H,(H,21,25)(H,22,26). The van der Waals surface area contributed by atoms with Gasteiger partial charge in [-0.3, -0.25) is 9.59 Å². The Hall–Kier alpha value is -3.67. The lowest BCUT2D eigenvalue weighted by molar-refractivity contribution is -0.109. The molecule has 1 aliphatic heterocycles. The second-order valence-corrected chi connectivity index (χ2v) is 5.87. The van der Waals surface area contributed by atoms with Gasteiger partial charge in [0.2, 0.25) is 12.8 Å². The van der Waals surface area contributed by atoms with Crippen LogP contribution in [-0.4, -0.2) is 24.6 Å². The quantitative estimate of drug-likeness (QED) is 0.819. The number of anilines is 3. The van der Waals surface area contributed by atoms with Crippen LogP contribution in [0.2, 0.25) is 0 Å². The number of aliphatic imine (C=N–C) groups is 1. The molecule has 26 heavy (non-hydrogen) atoms. The fourth-order valence-electron chi connectivity index (χ4n) is 3.21. The molecule has 1 atom stereocenters. The zero-order valence-corrected chi connectivity index (χ0v) is 13.8. The highest BCUT2D eigenvalue weighted by atomic mass is 16.1. The first-order valence-electron chi connectivity index (χ1n) is 8.17. The molecule has 0 bridgehead atoms. The highest BCUT2D eigenvalue weighted by Gasteiger charge is 2.30. The number of carbonyl (C=O) groups excluding carboxylic acids is 2. The van der Waals surface area contributed by atoms with E-state index in [-0.39, 0.29) is 6.04 Å². The molecule has 0 spiro atoms. The lowest BCUT2D eigenvalue weighted by Crippen LogP contribution is -2.40. The summed E-state index contributed by atoms with van der Waals surface area (Å²) < 4.78 is 0. The molecule has 1 aliphatic carbocycles. The van der Waals surface area contributed by atoms with Crippen molar-refractivity contribution in [2.45, 2.75) is 6.04 Å². The number of amides is 2. The van der Waals surface area contributed by atoms with Crippen molar-refractivity contribution in [1.82, 2.24) is 5.32 Å². The lowest BCUT2D eigenvalue weighted by atomic mass is 9.97. The number of allylic oxidation sites excluding steroid dienone is 1. The first-order valence-corrected chi connectivity index (χ1v) is 8.17. The summed E-state index contributed by atoms with van der Waals surface area (Å²) in [5.74, 6) is 0. The Morgan fingerprint density at radius 2 is 1.77 bits per heavy atom. The number of para-hydroxylation sites is 1. The molecule has 128 valence electrons. The van der Waals surface area contributed by atoms with Crippen LogP contribution in [0.3, 0.4) is 0 Å². The van der Waals surface area contributed by atoms with Gasteiger partial charge in [-0.1, -0.05) is 18.2 Å². The maximum atomic E-state index is 10.8. The Morgan fingerprint density at radius 3 is 2.54 bits per heavy atom. The van der Waals surface area contributed by atoms with E-state index in [0.717, 1.165) is 28.5 Å². The Morgan fingerprint density at radius 1 is 0.962 bits per heavy atom. The van der Waals surface area contributed by atoms with Crippen molar-refractivity contribution < 1.29 is 9.59 Å². The van der Waals surface area contributed by atoms with E-state index in [2.05, 4.69) is 15.5 Å². The molecule has 2 aromatic rings. The van der Waals surface area contributed by atoms with Crippen molar-refractivity contribution >= 4 is 41.3 Å². The molecule has 0 saturated carbocycles. The van der Waals surface area contributed by atoms with Gasteiger partial charge in [0.25, 0.3) is 0 Å². The molecule has 2 amide bonds. The molecular formula is C20H16N4O2. The van der Waals surface area contributed by atoms with Gasteiger partial charge in [0.1, 0.15) is 0 Å². The summed E-state index contributed by atoms with van der Waals surface area (Å²) >= 11 is 0. The number of benzene rings is 2.